The van der Waals surface area contributed by atoms with Crippen LogP contribution in [0.5, 0.6) is 0 Å². The van der Waals surface area contributed by atoms with Gasteiger partial charge in [-0.15, -0.1) is 23.5 Å². The van der Waals surface area contributed by atoms with Crippen LogP contribution in [-0.4, -0.2) is 36.5 Å². The van der Waals surface area contributed by atoms with Gasteiger partial charge in [0.25, 0.3) is 0 Å². The molecule has 0 saturated carbocycles. The fourth-order valence-electron chi connectivity index (χ4n) is 1.59. The third kappa shape index (κ3) is 2.92. The summed E-state index contributed by atoms with van der Waals surface area (Å²) in [5.74, 6) is 2.50. The lowest BCUT2D eigenvalue weighted by Gasteiger charge is -2.31. The molecule has 1 nitrogen and oxygen atoms in total. The maximum atomic E-state index is 2.33. The van der Waals surface area contributed by atoms with Gasteiger partial charge >= 0.3 is 0 Å². The number of nitrogens with zero attached hydrogens (tertiary/aromatic N) is 1. The van der Waals surface area contributed by atoms with Crippen LogP contribution in [0, 0.1) is 0 Å². The third-order valence-corrected chi connectivity index (χ3v) is 5.80. The Hall–Kier alpha value is -0.120. The maximum Gasteiger partial charge on any atom is 0.0752 e. The molecule has 1 aromatic rings. The molecule has 0 bridgehead atoms. The van der Waals surface area contributed by atoms with E-state index in [0.29, 0.717) is 4.58 Å². The predicted octanol–water partition coefficient (Wildman–Crippen LogP) is 3.10. The molecule has 0 spiro atoms. The highest BCUT2D eigenvalue weighted by Crippen LogP contribution is 2.44. The summed E-state index contributed by atoms with van der Waals surface area (Å²) in [5.41, 5.74) is 1.46. The van der Waals surface area contributed by atoms with Gasteiger partial charge in [0.15, 0.2) is 0 Å². The van der Waals surface area contributed by atoms with Crippen molar-refractivity contribution < 1.29 is 0 Å². The molecule has 0 atom stereocenters. The van der Waals surface area contributed by atoms with Crippen LogP contribution in [0.1, 0.15) is 10.1 Å². The molecular formula is C12H17NS2. The Balaban J connectivity index is 1.94. The van der Waals surface area contributed by atoms with Gasteiger partial charge in [0.1, 0.15) is 0 Å². The van der Waals surface area contributed by atoms with Gasteiger partial charge in [-0.05, 0) is 19.7 Å². The van der Waals surface area contributed by atoms with Crippen molar-refractivity contribution >= 4 is 23.5 Å². The van der Waals surface area contributed by atoms with Crippen molar-refractivity contribution in [2.45, 2.75) is 10.6 Å². The molecular weight excluding hydrogens is 222 g/mol. The van der Waals surface area contributed by atoms with E-state index in [0.717, 1.165) is 6.04 Å². The zero-order valence-corrected chi connectivity index (χ0v) is 10.9. The number of benzene rings is 1. The molecule has 0 aliphatic carbocycles. The first-order valence-corrected chi connectivity index (χ1v) is 7.31. The molecule has 0 amide bonds. The zero-order valence-electron chi connectivity index (χ0n) is 9.22. The molecule has 0 aromatic heterocycles. The molecule has 1 aromatic carbocycles. The lowest BCUT2D eigenvalue weighted by Crippen LogP contribution is -2.34. The topological polar surface area (TPSA) is 3.24 Å². The quantitative estimate of drug-likeness (QED) is 0.781. The third-order valence-electron chi connectivity index (χ3n) is 2.68. The van der Waals surface area contributed by atoms with E-state index >= 15 is 0 Å². The van der Waals surface area contributed by atoms with Gasteiger partial charge in [0, 0.05) is 17.5 Å². The van der Waals surface area contributed by atoms with Crippen LogP contribution in [0.3, 0.4) is 0 Å². The van der Waals surface area contributed by atoms with Gasteiger partial charge in [0.05, 0.1) is 4.58 Å². The minimum absolute atomic E-state index is 0.641. The van der Waals surface area contributed by atoms with Crippen LogP contribution < -0.4 is 0 Å². The predicted molar refractivity (Wildman–Crippen MR) is 71.6 cm³/mol. The molecule has 0 N–H and O–H groups in total. The minimum Gasteiger partial charge on any atom is -0.305 e. The molecule has 0 radical (unpaired) electrons. The molecule has 3 heteroatoms. The molecule has 1 aliphatic heterocycles. The van der Waals surface area contributed by atoms with Crippen molar-refractivity contribution in [3.63, 3.8) is 0 Å². The van der Waals surface area contributed by atoms with E-state index in [1.54, 1.807) is 0 Å². The summed E-state index contributed by atoms with van der Waals surface area (Å²) in [7, 11) is 4.35. The standard InChI is InChI=1S/C12H17NS2/c1-13(2)11-8-14-12(15-9-11)10-6-4-3-5-7-10/h3-7,11-12H,8-9H2,1-2H3. The average molecular weight is 239 g/mol. The van der Waals surface area contributed by atoms with Crippen LogP contribution >= 0.6 is 23.5 Å². The van der Waals surface area contributed by atoms with E-state index in [9.17, 15) is 0 Å². The van der Waals surface area contributed by atoms with E-state index in [4.69, 9.17) is 0 Å². The first-order valence-electron chi connectivity index (χ1n) is 5.22. The van der Waals surface area contributed by atoms with Gasteiger partial charge in [-0.3, -0.25) is 0 Å². The largest absolute Gasteiger partial charge is 0.305 e. The summed E-state index contributed by atoms with van der Waals surface area (Å²) < 4.78 is 0.641. The zero-order chi connectivity index (χ0) is 10.7. The van der Waals surface area contributed by atoms with Crippen molar-refractivity contribution in [1.29, 1.82) is 0 Å². The van der Waals surface area contributed by atoms with Gasteiger partial charge in [-0.1, -0.05) is 30.3 Å². The Kier molecular flexibility index (Phi) is 4.00. The number of hydrogen-bond acceptors (Lipinski definition) is 3. The smallest absolute Gasteiger partial charge is 0.0752 e. The lowest BCUT2D eigenvalue weighted by molar-refractivity contribution is 0.343. The summed E-state index contributed by atoms with van der Waals surface area (Å²) in [6, 6.07) is 11.6. The van der Waals surface area contributed by atoms with E-state index in [2.05, 4.69) is 72.9 Å². The Labute approximate surface area is 101 Å². The summed E-state index contributed by atoms with van der Waals surface area (Å²) in [4.78, 5) is 2.33. The van der Waals surface area contributed by atoms with Crippen LogP contribution in [-0.2, 0) is 0 Å². The monoisotopic (exact) mass is 239 g/mol. The SMILES string of the molecule is CN(C)C1CSC(c2ccccc2)SC1. The summed E-state index contributed by atoms with van der Waals surface area (Å²) in [6.45, 7) is 0. The van der Waals surface area contributed by atoms with Crippen molar-refractivity contribution in [3.8, 4) is 0 Å². The average Bonchev–Trinajstić information content (AvgIpc) is 2.30. The normalized spacial score (nSPS) is 26.9. The van der Waals surface area contributed by atoms with Gasteiger partial charge < -0.3 is 4.90 Å². The number of hydrogen-bond donors (Lipinski definition) is 0. The molecule has 15 heavy (non-hydrogen) atoms. The second-order valence-corrected chi connectivity index (χ2v) is 6.60. The highest BCUT2D eigenvalue weighted by atomic mass is 32.2. The second-order valence-electron chi connectivity index (χ2n) is 4.03. The molecule has 1 aliphatic rings. The van der Waals surface area contributed by atoms with Gasteiger partial charge in [0.2, 0.25) is 0 Å². The molecule has 1 heterocycles. The van der Waals surface area contributed by atoms with Crippen molar-refractivity contribution in [1.82, 2.24) is 4.90 Å². The van der Waals surface area contributed by atoms with Crippen molar-refractivity contribution in [3.05, 3.63) is 35.9 Å². The molecule has 2 rings (SSSR count). The highest BCUT2D eigenvalue weighted by Gasteiger charge is 2.24. The fraction of sp³-hybridized carbons (Fsp3) is 0.500. The summed E-state index contributed by atoms with van der Waals surface area (Å²) >= 11 is 4.15. The van der Waals surface area contributed by atoms with Gasteiger partial charge in [-0.25, -0.2) is 0 Å². The molecule has 1 fully saturated rings. The number of rotatable bonds is 2. The first kappa shape index (κ1) is 11.4. The fourth-order valence-corrected chi connectivity index (χ4v) is 4.92. The van der Waals surface area contributed by atoms with Gasteiger partial charge in [-0.2, -0.15) is 0 Å². The Morgan fingerprint density at radius 1 is 1.07 bits per heavy atom. The Morgan fingerprint density at radius 3 is 2.20 bits per heavy atom. The first-order chi connectivity index (χ1) is 7.27. The van der Waals surface area contributed by atoms with E-state index < -0.39 is 0 Å². The maximum absolute atomic E-state index is 2.33. The Bertz CT molecular complexity index is 292. The van der Waals surface area contributed by atoms with Crippen molar-refractivity contribution in [2.75, 3.05) is 25.6 Å². The van der Waals surface area contributed by atoms with E-state index in [1.165, 1.54) is 17.1 Å². The summed E-state index contributed by atoms with van der Waals surface area (Å²) in [6.07, 6.45) is 0. The Morgan fingerprint density at radius 2 is 1.67 bits per heavy atom. The van der Waals surface area contributed by atoms with Crippen molar-refractivity contribution in [2.24, 2.45) is 0 Å². The van der Waals surface area contributed by atoms with Crippen LogP contribution in [0.15, 0.2) is 30.3 Å². The molecule has 1 saturated heterocycles. The van der Waals surface area contributed by atoms with E-state index in [-0.39, 0.29) is 0 Å². The van der Waals surface area contributed by atoms with Crippen LogP contribution in [0.2, 0.25) is 0 Å². The molecule has 82 valence electrons. The summed E-state index contributed by atoms with van der Waals surface area (Å²) in [5, 5.41) is 0. The van der Waals surface area contributed by atoms with Crippen LogP contribution in [0.25, 0.3) is 0 Å². The number of thioether (sulfide) groups is 2. The van der Waals surface area contributed by atoms with E-state index in [1.807, 2.05) is 0 Å². The minimum atomic E-state index is 0.641. The molecule has 0 unspecified atom stereocenters. The lowest BCUT2D eigenvalue weighted by atomic mass is 10.2. The van der Waals surface area contributed by atoms with Crippen LogP contribution in [0.4, 0.5) is 0 Å². The second kappa shape index (κ2) is 5.28. The highest BCUT2D eigenvalue weighted by molar-refractivity contribution is 8.17.